The molecule has 0 bridgehead atoms. The van der Waals surface area contributed by atoms with E-state index in [0.29, 0.717) is 31.1 Å². The molecule has 1 aliphatic heterocycles. The molecule has 0 radical (unpaired) electrons. The predicted molar refractivity (Wildman–Crippen MR) is 117 cm³/mol. The van der Waals surface area contributed by atoms with E-state index in [1.165, 1.54) is 18.3 Å². The Bertz CT molecular complexity index is 901. The third-order valence-corrected chi connectivity index (χ3v) is 6.18. The van der Waals surface area contributed by atoms with Gasteiger partial charge in [-0.15, -0.1) is 11.3 Å². The molecule has 8 heteroatoms. The fraction of sp³-hybridized carbons (Fsp3) is 0.455. The summed E-state index contributed by atoms with van der Waals surface area (Å²) in [5, 5.41) is 8.28. The Balaban J connectivity index is 1.54. The standard InChI is InChI=1S/C22H28N4O3S/c1-14-4-6-17(7-5-14)19(24-16(3)27)12-20(28)26-10-8-18(9-11-26)21(29)25-22-23-15(2)13-30-22/h4-7,13,18-19H,8-12H2,1-3H3,(H,24,27)(H,23,25,29). The molecule has 1 atom stereocenters. The number of hydrogen-bond donors (Lipinski definition) is 2. The number of carbonyl (C=O) groups excluding carboxylic acids is 3. The van der Waals surface area contributed by atoms with E-state index in [9.17, 15) is 14.4 Å². The molecule has 160 valence electrons. The first-order valence-electron chi connectivity index (χ1n) is 10.2. The molecule has 1 aliphatic rings. The van der Waals surface area contributed by atoms with Crippen molar-refractivity contribution in [2.75, 3.05) is 18.4 Å². The van der Waals surface area contributed by atoms with Crippen LogP contribution in [0, 0.1) is 19.8 Å². The molecule has 0 aliphatic carbocycles. The number of nitrogens with one attached hydrogen (secondary N) is 2. The second-order valence-corrected chi connectivity index (χ2v) is 8.66. The minimum atomic E-state index is -0.357. The molecular weight excluding hydrogens is 400 g/mol. The highest BCUT2D eigenvalue weighted by Crippen LogP contribution is 2.24. The molecule has 1 unspecified atom stereocenters. The summed E-state index contributed by atoms with van der Waals surface area (Å²) in [6.07, 6.45) is 1.45. The second kappa shape index (κ2) is 9.84. The first-order chi connectivity index (χ1) is 14.3. The Kier molecular flexibility index (Phi) is 7.20. The number of nitrogens with zero attached hydrogens (tertiary/aromatic N) is 2. The van der Waals surface area contributed by atoms with Gasteiger partial charge in [0.05, 0.1) is 18.2 Å². The van der Waals surface area contributed by atoms with Gasteiger partial charge < -0.3 is 15.5 Å². The molecule has 30 heavy (non-hydrogen) atoms. The zero-order valence-electron chi connectivity index (χ0n) is 17.6. The SMILES string of the molecule is CC(=O)NC(CC(=O)N1CCC(C(=O)Nc2nc(C)cs2)CC1)c1ccc(C)cc1. The fourth-order valence-corrected chi connectivity index (χ4v) is 4.30. The molecule has 3 amide bonds. The lowest BCUT2D eigenvalue weighted by Crippen LogP contribution is -2.43. The van der Waals surface area contributed by atoms with Crippen molar-refractivity contribution in [2.45, 2.75) is 46.1 Å². The average Bonchev–Trinajstić information content (AvgIpc) is 3.12. The lowest BCUT2D eigenvalue weighted by molar-refractivity contribution is -0.135. The number of benzene rings is 1. The van der Waals surface area contributed by atoms with Gasteiger partial charge in [0.2, 0.25) is 17.7 Å². The third-order valence-electron chi connectivity index (χ3n) is 5.30. The number of amides is 3. The molecule has 2 heterocycles. The summed E-state index contributed by atoms with van der Waals surface area (Å²) in [5.74, 6) is -0.335. The zero-order chi connectivity index (χ0) is 21.7. The van der Waals surface area contributed by atoms with Gasteiger partial charge in [-0.2, -0.15) is 0 Å². The maximum absolute atomic E-state index is 12.9. The Morgan fingerprint density at radius 1 is 1.17 bits per heavy atom. The Morgan fingerprint density at radius 3 is 2.40 bits per heavy atom. The number of rotatable bonds is 6. The Labute approximate surface area is 180 Å². The molecule has 1 aromatic heterocycles. The molecule has 3 rings (SSSR count). The van der Waals surface area contributed by atoms with Crippen LogP contribution in [0.25, 0.3) is 0 Å². The molecule has 0 saturated carbocycles. The van der Waals surface area contributed by atoms with Gasteiger partial charge in [-0.1, -0.05) is 29.8 Å². The Hall–Kier alpha value is -2.74. The van der Waals surface area contributed by atoms with E-state index in [0.717, 1.165) is 16.8 Å². The summed E-state index contributed by atoms with van der Waals surface area (Å²) in [4.78, 5) is 43.0. The Morgan fingerprint density at radius 2 is 1.83 bits per heavy atom. The first-order valence-corrected chi connectivity index (χ1v) is 11.0. The minimum Gasteiger partial charge on any atom is -0.349 e. The van der Waals surface area contributed by atoms with Crippen LogP contribution in [-0.4, -0.2) is 40.7 Å². The molecule has 2 aromatic rings. The van der Waals surface area contributed by atoms with E-state index in [1.807, 2.05) is 43.5 Å². The van der Waals surface area contributed by atoms with Gasteiger partial charge in [-0.05, 0) is 32.3 Å². The van der Waals surface area contributed by atoms with Crippen LogP contribution in [0.4, 0.5) is 5.13 Å². The highest BCUT2D eigenvalue weighted by Gasteiger charge is 2.29. The predicted octanol–water partition coefficient (Wildman–Crippen LogP) is 3.20. The highest BCUT2D eigenvalue weighted by molar-refractivity contribution is 7.13. The summed E-state index contributed by atoms with van der Waals surface area (Å²) in [6, 6.07) is 7.48. The summed E-state index contributed by atoms with van der Waals surface area (Å²) in [6.45, 7) is 6.42. The van der Waals surface area contributed by atoms with E-state index >= 15 is 0 Å². The van der Waals surface area contributed by atoms with E-state index < -0.39 is 0 Å². The van der Waals surface area contributed by atoms with Gasteiger partial charge in [0, 0.05) is 31.3 Å². The fourth-order valence-electron chi connectivity index (χ4n) is 3.61. The summed E-state index contributed by atoms with van der Waals surface area (Å²) >= 11 is 1.42. The minimum absolute atomic E-state index is 0.0104. The average molecular weight is 429 g/mol. The molecule has 1 fully saturated rings. The summed E-state index contributed by atoms with van der Waals surface area (Å²) in [7, 11) is 0. The molecule has 7 nitrogen and oxygen atoms in total. The van der Waals surface area contributed by atoms with Crippen LogP contribution < -0.4 is 10.6 Å². The van der Waals surface area contributed by atoms with Crippen LogP contribution in [0.1, 0.15) is 49.0 Å². The number of anilines is 1. The highest BCUT2D eigenvalue weighted by atomic mass is 32.1. The summed E-state index contributed by atoms with van der Waals surface area (Å²) in [5.41, 5.74) is 2.93. The van der Waals surface area contributed by atoms with Crippen LogP contribution in [0.5, 0.6) is 0 Å². The molecule has 1 saturated heterocycles. The second-order valence-electron chi connectivity index (χ2n) is 7.81. The van der Waals surface area contributed by atoms with Crippen LogP contribution in [0.2, 0.25) is 0 Å². The lowest BCUT2D eigenvalue weighted by atomic mass is 9.95. The molecule has 2 N–H and O–H groups in total. The van der Waals surface area contributed by atoms with Crippen molar-refractivity contribution in [1.29, 1.82) is 0 Å². The first kappa shape index (κ1) is 22.0. The molecule has 0 spiro atoms. The zero-order valence-corrected chi connectivity index (χ0v) is 18.4. The van der Waals surface area contributed by atoms with Crippen molar-refractivity contribution in [3.05, 3.63) is 46.5 Å². The van der Waals surface area contributed by atoms with Crippen molar-refractivity contribution in [2.24, 2.45) is 5.92 Å². The van der Waals surface area contributed by atoms with Crippen molar-refractivity contribution in [3.63, 3.8) is 0 Å². The van der Waals surface area contributed by atoms with Gasteiger partial charge in [0.1, 0.15) is 0 Å². The number of hydrogen-bond acceptors (Lipinski definition) is 5. The maximum atomic E-state index is 12.9. The third kappa shape index (κ3) is 5.89. The van der Waals surface area contributed by atoms with E-state index in [2.05, 4.69) is 15.6 Å². The number of aryl methyl sites for hydroxylation is 2. The van der Waals surface area contributed by atoms with Gasteiger partial charge in [0.25, 0.3) is 0 Å². The van der Waals surface area contributed by atoms with Crippen molar-refractivity contribution >= 4 is 34.2 Å². The van der Waals surface area contributed by atoms with Crippen LogP contribution >= 0.6 is 11.3 Å². The van der Waals surface area contributed by atoms with Gasteiger partial charge in [0.15, 0.2) is 5.13 Å². The van der Waals surface area contributed by atoms with Gasteiger partial charge in [-0.3, -0.25) is 14.4 Å². The topological polar surface area (TPSA) is 91.4 Å². The molecular formula is C22H28N4O3S. The number of thiazole rings is 1. The van der Waals surface area contributed by atoms with Gasteiger partial charge >= 0.3 is 0 Å². The number of aromatic nitrogens is 1. The van der Waals surface area contributed by atoms with E-state index in [1.54, 1.807) is 4.90 Å². The number of likely N-dealkylation sites (tertiary alicyclic amines) is 1. The largest absolute Gasteiger partial charge is 0.349 e. The number of piperidine rings is 1. The van der Waals surface area contributed by atoms with Crippen LogP contribution in [-0.2, 0) is 14.4 Å². The number of carbonyl (C=O) groups is 3. The smallest absolute Gasteiger partial charge is 0.229 e. The summed E-state index contributed by atoms with van der Waals surface area (Å²) < 4.78 is 0. The van der Waals surface area contributed by atoms with E-state index in [-0.39, 0.29) is 36.1 Å². The monoisotopic (exact) mass is 428 g/mol. The van der Waals surface area contributed by atoms with Crippen LogP contribution in [0.3, 0.4) is 0 Å². The van der Waals surface area contributed by atoms with Crippen LogP contribution in [0.15, 0.2) is 29.6 Å². The lowest BCUT2D eigenvalue weighted by Gasteiger charge is -2.32. The normalized spacial score (nSPS) is 15.5. The van der Waals surface area contributed by atoms with Crippen molar-refractivity contribution in [3.8, 4) is 0 Å². The van der Waals surface area contributed by atoms with Gasteiger partial charge in [-0.25, -0.2) is 4.98 Å². The van der Waals surface area contributed by atoms with E-state index in [4.69, 9.17) is 0 Å². The maximum Gasteiger partial charge on any atom is 0.229 e. The van der Waals surface area contributed by atoms with Crippen molar-refractivity contribution in [1.82, 2.24) is 15.2 Å². The quantitative estimate of drug-likeness (QED) is 0.739. The molecule has 1 aromatic carbocycles. The van der Waals surface area contributed by atoms with Crippen molar-refractivity contribution < 1.29 is 14.4 Å².